The number of ketones is 1. The molecule has 2 aliphatic rings. The summed E-state index contributed by atoms with van der Waals surface area (Å²) >= 11 is 0. The number of amides is 2. The summed E-state index contributed by atoms with van der Waals surface area (Å²) in [5.74, 6) is -3.59. The lowest BCUT2D eigenvalue weighted by Gasteiger charge is -2.08. The molecule has 0 aromatic carbocycles. The van der Waals surface area contributed by atoms with Crippen molar-refractivity contribution in [2.75, 3.05) is 0 Å². The van der Waals surface area contributed by atoms with E-state index in [1.165, 1.54) is 0 Å². The largest absolute Gasteiger partial charge is 0.550 e. The molecule has 4 heterocycles. The number of carbonyl (C=O) groups excluding carboxylic acids is 5. The summed E-state index contributed by atoms with van der Waals surface area (Å²) in [7, 11) is 0. The number of carbonyl (C=O) groups is 5. The number of aromatic nitrogens is 2. The number of H-pyrrole nitrogens is 2. The molecular weight excluding hydrogens is 564 g/mol. The van der Waals surface area contributed by atoms with Gasteiger partial charge in [0, 0.05) is 51.3 Å². The minimum Gasteiger partial charge on any atom is -0.550 e. The van der Waals surface area contributed by atoms with E-state index >= 15 is 0 Å². The first kappa shape index (κ1) is 31.5. The number of carboxylic acid groups (broad SMARTS) is 2. The normalized spacial score (nSPS) is 16.6. The smallest absolute Gasteiger partial charge is 0.251 e. The van der Waals surface area contributed by atoms with Crippen molar-refractivity contribution in [2.45, 2.75) is 53.4 Å². The first-order valence-corrected chi connectivity index (χ1v) is 13.9. The van der Waals surface area contributed by atoms with Crippen molar-refractivity contribution < 1.29 is 34.2 Å². The fourth-order valence-corrected chi connectivity index (χ4v) is 5.46. The molecule has 2 amide bonds. The van der Waals surface area contributed by atoms with Crippen LogP contribution in [0.1, 0.15) is 82.9 Å². The van der Waals surface area contributed by atoms with E-state index in [0.717, 1.165) is 0 Å². The van der Waals surface area contributed by atoms with E-state index in [9.17, 15) is 34.2 Å². The molecule has 0 bridgehead atoms. The number of allylic oxidation sites excluding steroid dienone is 2. The fourth-order valence-electron chi connectivity index (χ4n) is 5.46. The Morgan fingerprint density at radius 3 is 1.91 bits per heavy atom. The Hall–Kier alpha value is -5.45. The van der Waals surface area contributed by atoms with Crippen LogP contribution < -0.4 is 20.8 Å². The van der Waals surface area contributed by atoms with Crippen LogP contribution in [0.5, 0.6) is 0 Å². The zero-order valence-electron chi connectivity index (χ0n) is 24.9. The Balaban J connectivity index is 1.81. The molecular formula is C33H32N4O7-2. The third kappa shape index (κ3) is 5.89. The molecule has 11 nitrogen and oxygen atoms in total. The molecule has 0 aliphatic carbocycles. The molecule has 2 aromatic heterocycles. The van der Waals surface area contributed by atoms with Crippen molar-refractivity contribution in [3.05, 3.63) is 97.9 Å². The third-order valence-electron chi connectivity index (χ3n) is 8.00. The minimum atomic E-state index is -1.27. The maximum absolute atomic E-state index is 14.0. The summed E-state index contributed by atoms with van der Waals surface area (Å²) in [6.07, 6.45) is 5.89. The highest BCUT2D eigenvalue weighted by atomic mass is 16.4. The lowest BCUT2D eigenvalue weighted by atomic mass is 9.99. The molecule has 2 aromatic rings. The van der Waals surface area contributed by atoms with Crippen LogP contribution in [0.15, 0.2) is 52.9 Å². The van der Waals surface area contributed by atoms with E-state index in [4.69, 9.17) is 0 Å². The molecule has 0 atom stereocenters. The van der Waals surface area contributed by atoms with E-state index in [-0.39, 0.29) is 48.9 Å². The van der Waals surface area contributed by atoms with Gasteiger partial charge in [-0.3, -0.25) is 14.4 Å². The first-order valence-electron chi connectivity index (χ1n) is 13.9. The summed E-state index contributed by atoms with van der Waals surface area (Å²) in [5.41, 5.74) is 6.56. The maximum Gasteiger partial charge on any atom is 0.251 e. The number of nitrogens with one attached hydrogen (secondary N) is 4. The third-order valence-corrected chi connectivity index (χ3v) is 8.00. The van der Waals surface area contributed by atoms with Gasteiger partial charge in [-0.05, 0) is 87.8 Å². The fraction of sp³-hybridized carbons (Fsp3) is 0.242. The second-order valence-electron chi connectivity index (χ2n) is 10.6. The van der Waals surface area contributed by atoms with Gasteiger partial charge >= 0.3 is 0 Å². The van der Waals surface area contributed by atoms with Gasteiger partial charge in [0.25, 0.3) is 11.8 Å². The molecule has 4 rings (SSSR count). The Morgan fingerprint density at radius 1 is 0.727 bits per heavy atom. The molecule has 4 N–H and O–H groups in total. The minimum absolute atomic E-state index is 0.0349. The summed E-state index contributed by atoms with van der Waals surface area (Å²) in [6, 6.07) is 0. The van der Waals surface area contributed by atoms with E-state index in [0.29, 0.717) is 67.3 Å². The zero-order valence-corrected chi connectivity index (χ0v) is 24.9. The highest BCUT2D eigenvalue weighted by molar-refractivity contribution is 6.11. The SMILES string of the molecule is C=CC1=C(C)C(=O)N/C1=C/c1[nH]c(C(=O)c2[nH]c(/C=C3/NC(=O)C(C)=C3CCC(=O)[O-])c(CCC(=O)[O-])c2C)c(C=C)c1C. The van der Waals surface area contributed by atoms with Crippen molar-refractivity contribution in [1.82, 2.24) is 20.6 Å². The standard InChI is InChI=1S/C33H34N4O7/c1-7-19-17(5)32(43)36-24(19)13-23-15(3)20(8-2)30(34-23)31(42)29-16(4)21(9-11-27(38)39)25(35-29)14-26-22(10-12-28(40)41)18(6)33(44)37-26/h7-8,13-14,34-35H,1-2,9-12H2,3-6H3,(H,36,43)(H,37,44)(H,38,39)(H,40,41)/p-2/b24-13+,26-14+. The highest BCUT2D eigenvalue weighted by Crippen LogP contribution is 2.32. The van der Waals surface area contributed by atoms with Crippen LogP contribution >= 0.6 is 0 Å². The van der Waals surface area contributed by atoms with Gasteiger partial charge in [-0.1, -0.05) is 25.3 Å². The van der Waals surface area contributed by atoms with Crippen molar-refractivity contribution in [3.8, 4) is 0 Å². The van der Waals surface area contributed by atoms with E-state index in [1.54, 1.807) is 45.1 Å². The average Bonchev–Trinajstić information content (AvgIpc) is 3.63. The molecule has 0 radical (unpaired) electrons. The van der Waals surface area contributed by atoms with Crippen molar-refractivity contribution in [1.29, 1.82) is 0 Å². The number of aliphatic carboxylic acids is 2. The van der Waals surface area contributed by atoms with Gasteiger partial charge in [0.1, 0.15) is 0 Å². The Morgan fingerprint density at radius 2 is 1.30 bits per heavy atom. The molecule has 228 valence electrons. The van der Waals surface area contributed by atoms with Crippen LogP contribution in [-0.2, 0) is 25.6 Å². The topological polar surface area (TPSA) is 187 Å². The summed E-state index contributed by atoms with van der Waals surface area (Å²) in [5, 5.41) is 28.0. The van der Waals surface area contributed by atoms with Crippen LogP contribution in [0.4, 0.5) is 0 Å². The lowest BCUT2D eigenvalue weighted by Crippen LogP contribution is -2.22. The van der Waals surface area contributed by atoms with Crippen LogP contribution in [0, 0.1) is 13.8 Å². The number of carboxylic acids is 2. The molecule has 44 heavy (non-hydrogen) atoms. The van der Waals surface area contributed by atoms with Crippen LogP contribution in [0.25, 0.3) is 18.2 Å². The van der Waals surface area contributed by atoms with Gasteiger partial charge in [0.15, 0.2) is 0 Å². The second kappa shape index (κ2) is 12.4. The van der Waals surface area contributed by atoms with Gasteiger partial charge in [-0.15, -0.1) is 0 Å². The quantitative estimate of drug-likeness (QED) is 0.269. The number of hydrogen-bond donors (Lipinski definition) is 4. The highest BCUT2D eigenvalue weighted by Gasteiger charge is 2.28. The average molecular weight is 597 g/mol. The van der Waals surface area contributed by atoms with Crippen LogP contribution in [-0.4, -0.2) is 39.5 Å². The molecule has 11 heteroatoms. The molecule has 0 spiro atoms. The lowest BCUT2D eigenvalue weighted by molar-refractivity contribution is -0.307. The van der Waals surface area contributed by atoms with Gasteiger partial charge < -0.3 is 40.4 Å². The van der Waals surface area contributed by atoms with Gasteiger partial charge in [0.2, 0.25) is 5.78 Å². The van der Waals surface area contributed by atoms with Gasteiger partial charge in [-0.2, -0.15) is 0 Å². The van der Waals surface area contributed by atoms with Crippen molar-refractivity contribution >= 4 is 47.8 Å². The van der Waals surface area contributed by atoms with Crippen molar-refractivity contribution in [2.24, 2.45) is 0 Å². The van der Waals surface area contributed by atoms with Crippen molar-refractivity contribution in [3.63, 3.8) is 0 Å². The van der Waals surface area contributed by atoms with E-state index in [2.05, 4.69) is 33.8 Å². The maximum atomic E-state index is 14.0. The molecule has 0 fully saturated rings. The molecule has 0 saturated heterocycles. The predicted octanol–water partition coefficient (Wildman–Crippen LogP) is 1.81. The van der Waals surface area contributed by atoms with Crippen LogP contribution in [0.2, 0.25) is 0 Å². The van der Waals surface area contributed by atoms with E-state index < -0.39 is 17.7 Å². The summed E-state index contributed by atoms with van der Waals surface area (Å²) < 4.78 is 0. The first-order chi connectivity index (χ1) is 20.8. The predicted molar refractivity (Wildman–Crippen MR) is 160 cm³/mol. The molecule has 2 aliphatic heterocycles. The summed E-state index contributed by atoms with van der Waals surface area (Å²) in [6.45, 7) is 14.4. The number of hydrogen-bond acceptors (Lipinski definition) is 7. The Kier molecular flexibility index (Phi) is 8.89. The molecule has 0 saturated carbocycles. The number of aromatic amines is 2. The zero-order chi connectivity index (χ0) is 32.5. The monoisotopic (exact) mass is 596 g/mol. The summed E-state index contributed by atoms with van der Waals surface area (Å²) in [4.78, 5) is 67.4. The van der Waals surface area contributed by atoms with E-state index in [1.807, 2.05) is 6.92 Å². The Bertz CT molecular complexity index is 1790. The Labute approximate surface area is 253 Å². The second-order valence-corrected chi connectivity index (χ2v) is 10.6. The van der Waals surface area contributed by atoms with Gasteiger partial charge in [-0.25, -0.2) is 0 Å². The van der Waals surface area contributed by atoms with Crippen LogP contribution in [0.3, 0.4) is 0 Å². The van der Waals surface area contributed by atoms with Gasteiger partial charge in [0.05, 0.1) is 17.1 Å². The molecule has 0 unspecified atom stereocenters. The number of rotatable bonds is 12.